The molecule has 28 heavy (non-hydrogen) atoms. The predicted molar refractivity (Wildman–Crippen MR) is 114 cm³/mol. The number of hydrogen-bond donors (Lipinski definition) is 2. The molecule has 0 fully saturated rings. The zero-order valence-electron chi connectivity index (χ0n) is 16.0. The number of rotatable bonds is 8. The minimum atomic E-state index is 0.410. The van der Waals surface area contributed by atoms with Crippen molar-refractivity contribution in [2.24, 2.45) is 10.7 Å². The molecular formula is C21H24N4O2S. The Balaban J connectivity index is 1.49. The molecule has 2 aromatic carbocycles. The number of methoxy groups -OCH3 is 2. The summed E-state index contributed by atoms with van der Waals surface area (Å²) in [5, 5.41) is 6.26. The molecule has 0 aliphatic heterocycles. The van der Waals surface area contributed by atoms with Crippen LogP contribution in [0.3, 0.4) is 0 Å². The molecule has 6 nitrogen and oxygen atoms in total. The summed E-state index contributed by atoms with van der Waals surface area (Å²) in [5.41, 5.74) is 9.16. The lowest BCUT2D eigenvalue weighted by atomic mass is 10.2. The molecule has 0 saturated carbocycles. The van der Waals surface area contributed by atoms with Crippen molar-refractivity contribution in [1.82, 2.24) is 10.3 Å². The normalized spacial score (nSPS) is 11.3. The van der Waals surface area contributed by atoms with Crippen LogP contribution in [0, 0.1) is 0 Å². The Hall–Kier alpha value is -3.06. The second-order valence-electron chi connectivity index (χ2n) is 6.08. The Kier molecular flexibility index (Phi) is 6.86. The van der Waals surface area contributed by atoms with E-state index in [0.29, 0.717) is 30.5 Å². The van der Waals surface area contributed by atoms with Crippen molar-refractivity contribution in [2.75, 3.05) is 20.8 Å². The SMILES string of the molecule is COc1ccc(CN=C(N)NCCc2csc(-c3ccccc3)n2)cc1OC. The number of nitrogens with zero attached hydrogens (tertiary/aromatic N) is 2. The van der Waals surface area contributed by atoms with Gasteiger partial charge in [-0.3, -0.25) is 0 Å². The Morgan fingerprint density at radius 3 is 2.64 bits per heavy atom. The molecule has 0 saturated heterocycles. The molecular weight excluding hydrogens is 372 g/mol. The number of nitrogens with two attached hydrogens (primary N) is 1. The molecule has 0 radical (unpaired) electrons. The summed E-state index contributed by atoms with van der Waals surface area (Å²) in [6.07, 6.45) is 0.788. The van der Waals surface area contributed by atoms with Gasteiger partial charge in [-0.1, -0.05) is 36.4 Å². The fourth-order valence-corrected chi connectivity index (χ4v) is 3.53. The molecule has 0 aliphatic carbocycles. The Labute approximate surface area is 169 Å². The van der Waals surface area contributed by atoms with Crippen molar-refractivity contribution in [3.8, 4) is 22.1 Å². The highest BCUT2D eigenvalue weighted by atomic mass is 32.1. The summed E-state index contributed by atoms with van der Waals surface area (Å²) in [6, 6.07) is 15.9. The monoisotopic (exact) mass is 396 g/mol. The first kappa shape index (κ1) is 19.7. The molecule has 0 amide bonds. The van der Waals surface area contributed by atoms with Gasteiger partial charge in [0.2, 0.25) is 0 Å². The summed E-state index contributed by atoms with van der Waals surface area (Å²) in [7, 11) is 3.23. The van der Waals surface area contributed by atoms with E-state index in [1.54, 1.807) is 25.6 Å². The third-order valence-corrected chi connectivity index (χ3v) is 5.08. The second-order valence-corrected chi connectivity index (χ2v) is 6.94. The molecule has 1 heterocycles. The van der Waals surface area contributed by atoms with E-state index in [9.17, 15) is 0 Å². The van der Waals surface area contributed by atoms with Gasteiger partial charge in [0.15, 0.2) is 17.5 Å². The van der Waals surface area contributed by atoms with Gasteiger partial charge in [0, 0.05) is 23.9 Å². The highest BCUT2D eigenvalue weighted by Crippen LogP contribution is 2.27. The predicted octanol–water partition coefficient (Wildman–Crippen LogP) is 3.47. The zero-order chi connectivity index (χ0) is 19.8. The topological polar surface area (TPSA) is 81.8 Å². The number of aromatic nitrogens is 1. The van der Waals surface area contributed by atoms with Crippen molar-refractivity contribution >= 4 is 17.3 Å². The van der Waals surface area contributed by atoms with Crippen LogP contribution in [0.15, 0.2) is 58.9 Å². The van der Waals surface area contributed by atoms with Crippen molar-refractivity contribution in [3.05, 3.63) is 65.2 Å². The highest BCUT2D eigenvalue weighted by Gasteiger charge is 2.05. The first-order valence-corrected chi connectivity index (χ1v) is 9.82. The smallest absolute Gasteiger partial charge is 0.188 e. The average molecular weight is 397 g/mol. The van der Waals surface area contributed by atoms with Gasteiger partial charge >= 0.3 is 0 Å². The Morgan fingerprint density at radius 1 is 1.11 bits per heavy atom. The van der Waals surface area contributed by atoms with Crippen LogP contribution in [0.25, 0.3) is 10.6 Å². The quantitative estimate of drug-likeness (QED) is 0.450. The van der Waals surface area contributed by atoms with Crippen LogP contribution < -0.4 is 20.5 Å². The fraction of sp³-hybridized carbons (Fsp3) is 0.238. The number of aliphatic imine (C=N–C) groups is 1. The first-order valence-electron chi connectivity index (χ1n) is 8.94. The summed E-state index contributed by atoms with van der Waals surface area (Å²) >= 11 is 1.65. The molecule has 3 rings (SSSR count). The molecule has 1 aromatic heterocycles. The summed E-state index contributed by atoms with van der Waals surface area (Å²) in [6.45, 7) is 1.15. The van der Waals surface area contributed by atoms with Gasteiger partial charge in [0.1, 0.15) is 5.01 Å². The highest BCUT2D eigenvalue weighted by molar-refractivity contribution is 7.13. The largest absolute Gasteiger partial charge is 0.493 e. The Bertz CT molecular complexity index is 925. The lowest BCUT2D eigenvalue weighted by Gasteiger charge is -2.09. The van der Waals surface area contributed by atoms with Crippen molar-refractivity contribution < 1.29 is 9.47 Å². The van der Waals surface area contributed by atoms with Gasteiger partial charge in [-0.2, -0.15) is 0 Å². The van der Waals surface area contributed by atoms with E-state index in [0.717, 1.165) is 28.2 Å². The summed E-state index contributed by atoms with van der Waals surface area (Å²) in [4.78, 5) is 9.06. The van der Waals surface area contributed by atoms with Gasteiger partial charge in [0.25, 0.3) is 0 Å². The van der Waals surface area contributed by atoms with E-state index in [4.69, 9.17) is 15.2 Å². The first-order chi connectivity index (χ1) is 13.7. The van der Waals surface area contributed by atoms with Crippen LogP contribution >= 0.6 is 11.3 Å². The maximum Gasteiger partial charge on any atom is 0.188 e. The Morgan fingerprint density at radius 2 is 1.89 bits per heavy atom. The van der Waals surface area contributed by atoms with Gasteiger partial charge in [-0.05, 0) is 17.7 Å². The fourth-order valence-electron chi connectivity index (χ4n) is 2.67. The number of thiazole rings is 1. The van der Waals surface area contributed by atoms with E-state index in [1.165, 1.54) is 0 Å². The van der Waals surface area contributed by atoms with E-state index in [1.807, 2.05) is 36.4 Å². The molecule has 0 bridgehead atoms. The van der Waals surface area contributed by atoms with E-state index in [-0.39, 0.29) is 0 Å². The third kappa shape index (κ3) is 5.23. The van der Waals surface area contributed by atoms with Crippen molar-refractivity contribution in [1.29, 1.82) is 0 Å². The number of nitrogens with one attached hydrogen (secondary N) is 1. The minimum absolute atomic E-state index is 0.410. The molecule has 0 aliphatic rings. The van der Waals surface area contributed by atoms with E-state index in [2.05, 4.69) is 32.8 Å². The van der Waals surface area contributed by atoms with Crippen molar-refractivity contribution in [3.63, 3.8) is 0 Å². The molecule has 0 spiro atoms. The van der Waals surface area contributed by atoms with Crippen LogP contribution in [0.2, 0.25) is 0 Å². The van der Waals surface area contributed by atoms with Crippen LogP contribution in [0.5, 0.6) is 11.5 Å². The van der Waals surface area contributed by atoms with Gasteiger partial charge in [-0.25, -0.2) is 9.98 Å². The van der Waals surface area contributed by atoms with Crippen molar-refractivity contribution in [2.45, 2.75) is 13.0 Å². The van der Waals surface area contributed by atoms with Crippen LogP contribution in [0.4, 0.5) is 0 Å². The molecule has 0 unspecified atom stereocenters. The molecule has 0 atom stereocenters. The van der Waals surface area contributed by atoms with E-state index < -0.39 is 0 Å². The second kappa shape index (κ2) is 9.75. The number of ether oxygens (including phenoxy) is 2. The lowest BCUT2D eigenvalue weighted by Crippen LogP contribution is -2.33. The molecule has 3 N–H and O–H groups in total. The number of hydrogen-bond acceptors (Lipinski definition) is 5. The average Bonchev–Trinajstić information content (AvgIpc) is 3.21. The molecule has 3 aromatic rings. The van der Waals surface area contributed by atoms with Crippen LogP contribution in [-0.2, 0) is 13.0 Å². The minimum Gasteiger partial charge on any atom is -0.493 e. The third-order valence-electron chi connectivity index (χ3n) is 4.14. The lowest BCUT2D eigenvalue weighted by molar-refractivity contribution is 0.354. The van der Waals surface area contributed by atoms with Gasteiger partial charge in [0.05, 0.1) is 26.5 Å². The van der Waals surface area contributed by atoms with Gasteiger partial charge < -0.3 is 20.5 Å². The zero-order valence-corrected chi connectivity index (χ0v) is 16.8. The van der Waals surface area contributed by atoms with E-state index >= 15 is 0 Å². The summed E-state index contributed by atoms with van der Waals surface area (Å²) < 4.78 is 10.5. The van der Waals surface area contributed by atoms with Gasteiger partial charge in [-0.15, -0.1) is 11.3 Å². The number of benzene rings is 2. The molecule has 7 heteroatoms. The molecule has 146 valence electrons. The maximum absolute atomic E-state index is 5.97. The summed E-state index contributed by atoms with van der Waals surface area (Å²) in [5.74, 6) is 1.78. The maximum atomic E-state index is 5.97. The number of guanidine groups is 1. The van der Waals surface area contributed by atoms with Crippen LogP contribution in [-0.4, -0.2) is 31.7 Å². The van der Waals surface area contributed by atoms with Crippen LogP contribution in [0.1, 0.15) is 11.3 Å². The standard InChI is InChI=1S/C21H24N4O2S/c1-26-18-9-8-15(12-19(18)27-2)13-24-21(22)23-11-10-17-14-28-20(25-17)16-6-4-3-5-7-16/h3-9,12,14H,10-11,13H2,1-2H3,(H3,22,23,24).